The van der Waals surface area contributed by atoms with Crippen LogP contribution in [0.25, 0.3) is 5.82 Å². The predicted octanol–water partition coefficient (Wildman–Crippen LogP) is 2.08. The molecule has 0 aliphatic carbocycles. The number of hydrogen-bond acceptors (Lipinski definition) is 7. The molecular weight excluding hydrogens is 382 g/mol. The van der Waals surface area contributed by atoms with E-state index in [2.05, 4.69) is 30.5 Å². The van der Waals surface area contributed by atoms with Gasteiger partial charge in [-0.05, 0) is 50.1 Å². The van der Waals surface area contributed by atoms with Crippen LogP contribution in [0.4, 0.5) is 11.5 Å². The molecule has 1 fully saturated rings. The van der Waals surface area contributed by atoms with Crippen LogP contribution in [0.3, 0.4) is 0 Å². The summed E-state index contributed by atoms with van der Waals surface area (Å²) >= 11 is 0. The number of rotatable bonds is 6. The fourth-order valence-corrected chi connectivity index (χ4v) is 3.55. The number of nitrogens with zero attached hydrogens (tertiary/aromatic N) is 6. The van der Waals surface area contributed by atoms with Gasteiger partial charge in [-0.15, -0.1) is 10.2 Å². The molecule has 0 bridgehead atoms. The number of ether oxygens (including phenoxy) is 1. The van der Waals surface area contributed by atoms with Gasteiger partial charge in [-0.1, -0.05) is 0 Å². The first kappa shape index (κ1) is 20.0. The third-order valence-electron chi connectivity index (χ3n) is 5.18. The summed E-state index contributed by atoms with van der Waals surface area (Å²) in [6, 6.07) is 7.50. The molecule has 0 unspecified atom stereocenters. The minimum atomic E-state index is -0.0517. The van der Waals surface area contributed by atoms with Crippen LogP contribution in [0.2, 0.25) is 0 Å². The largest absolute Gasteiger partial charge is 0.378 e. The molecule has 1 aliphatic rings. The van der Waals surface area contributed by atoms with E-state index in [0.29, 0.717) is 37.6 Å². The molecule has 0 radical (unpaired) electrons. The first-order valence-corrected chi connectivity index (χ1v) is 10.0. The maximum Gasteiger partial charge on any atom is 0.224 e. The minimum Gasteiger partial charge on any atom is -0.378 e. The predicted molar refractivity (Wildman–Crippen MR) is 113 cm³/mol. The zero-order valence-electron chi connectivity index (χ0n) is 17.2. The average Bonchev–Trinajstić information content (AvgIpc) is 3.07. The molecule has 0 saturated carbocycles. The van der Waals surface area contributed by atoms with E-state index in [1.54, 1.807) is 23.1 Å². The Bertz CT molecular complexity index is 996. The Kier molecular flexibility index (Phi) is 5.99. The number of anilines is 2. The van der Waals surface area contributed by atoms with Gasteiger partial charge in [-0.2, -0.15) is 5.10 Å². The first-order valence-electron chi connectivity index (χ1n) is 10.0. The van der Waals surface area contributed by atoms with E-state index in [1.807, 2.05) is 32.0 Å². The highest BCUT2D eigenvalue weighted by molar-refractivity contribution is 5.90. The third kappa shape index (κ3) is 4.46. The fraction of sp³-hybridized carbons (Fsp3) is 0.381. The number of morpholine rings is 1. The second-order valence-electron chi connectivity index (χ2n) is 7.20. The van der Waals surface area contributed by atoms with Gasteiger partial charge in [-0.25, -0.2) is 4.68 Å². The molecule has 9 heteroatoms. The van der Waals surface area contributed by atoms with E-state index in [4.69, 9.17) is 4.74 Å². The van der Waals surface area contributed by atoms with Gasteiger partial charge in [0.1, 0.15) is 0 Å². The molecule has 3 aromatic heterocycles. The molecular formula is C21H25N7O2. The Morgan fingerprint density at radius 2 is 1.90 bits per heavy atom. The summed E-state index contributed by atoms with van der Waals surface area (Å²) in [5.74, 6) is 1.46. The second kappa shape index (κ2) is 9.00. The topological polar surface area (TPSA) is 98.1 Å². The summed E-state index contributed by atoms with van der Waals surface area (Å²) in [4.78, 5) is 18.4. The molecule has 9 nitrogen and oxygen atoms in total. The number of carbonyl (C=O) groups is 1. The second-order valence-corrected chi connectivity index (χ2v) is 7.20. The number of aromatic nitrogens is 5. The van der Waals surface area contributed by atoms with Crippen molar-refractivity contribution in [3.05, 3.63) is 53.6 Å². The maximum atomic E-state index is 12.3. The van der Waals surface area contributed by atoms with Gasteiger partial charge in [0.15, 0.2) is 11.6 Å². The Balaban J connectivity index is 1.43. The van der Waals surface area contributed by atoms with Crippen LogP contribution in [0, 0.1) is 13.8 Å². The third-order valence-corrected chi connectivity index (χ3v) is 5.18. The van der Waals surface area contributed by atoms with Gasteiger partial charge in [0.05, 0.1) is 30.8 Å². The van der Waals surface area contributed by atoms with Crippen molar-refractivity contribution in [3.63, 3.8) is 0 Å². The zero-order chi connectivity index (χ0) is 20.9. The van der Waals surface area contributed by atoms with Crippen LogP contribution < -0.4 is 10.2 Å². The summed E-state index contributed by atoms with van der Waals surface area (Å²) in [5, 5.41) is 16.2. The van der Waals surface area contributed by atoms with Crippen LogP contribution in [0.5, 0.6) is 0 Å². The number of pyridine rings is 1. The van der Waals surface area contributed by atoms with Gasteiger partial charge < -0.3 is 15.0 Å². The SMILES string of the molecule is Cc1nn(-c2ccc(N3CCOCC3)nn2)c(C)c1CCC(=O)Nc1cccnc1. The van der Waals surface area contributed by atoms with Crippen LogP contribution in [0.1, 0.15) is 23.4 Å². The fourth-order valence-electron chi connectivity index (χ4n) is 3.55. The monoisotopic (exact) mass is 407 g/mol. The van der Waals surface area contributed by atoms with Gasteiger partial charge in [0, 0.05) is 31.4 Å². The van der Waals surface area contributed by atoms with Gasteiger partial charge >= 0.3 is 0 Å². The van der Waals surface area contributed by atoms with Gasteiger partial charge in [-0.3, -0.25) is 9.78 Å². The molecule has 0 aromatic carbocycles. The van der Waals surface area contributed by atoms with Crippen molar-refractivity contribution >= 4 is 17.4 Å². The van der Waals surface area contributed by atoms with E-state index >= 15 is 0 Å². The number of aryl methyl sites for hydroxylation is 1. The number of carbonyl (C=O) groups excluding carboxylic acids is 1. The van der Waals surface area contributed by atoms with Crippen LogP contribution in [0.15, 0.2) is 36.7 Å². The van der Waals surface area contributed by atoms with Crippen molar-refractivity contribution in [3.8, 4) is 5.82 Å². The van der Waals surface area contributed by atoms with Gasteiger partial charge in [0.25, 0.3) is 0 Å². The van der Waals surface area contributed by atoms with E-state index in [9.17, 15) is 4.79 Å². The molecule has 1 N–H and O–H groups in total. The number of hydrogen-bond donors (Lipinski definition) is 1. The molecule has 1 amide bonds. The molecule has 3 aromatic rings. The summed E-state index contributed by atoms with van der Waals surface area (Å²) in [7, 11) is 0. The van der Waals surface area contributed by atoms with E-state index in [-0.39, 0.29) is 5.91 Å². The van der Waals surface area contributed by atoms with Crippen molar-refractivity contribution in [2.24, 2.45) is 0 Å². The van der Waals surface area contributed by atoms with Gasteiger partial charge in [0.2, 0.25) is 5.91 Å². The minimum absolute atomic E-state index is 0.0517. The highest BCUT2D eigenvalue weighted by Crippen LogP contribution is 2.20. The smallest absolute Gasteiger partial charge is 0.224 e. The van der Waals surface area contributed by atoms with Crippen molar-refractivity contribution < 1.29 is 9.53 Å². The van der Waals surface area contributed by atoms with Crippen LogP contribution >= 0.6 is 0 Å². The van der Waals surface area contributed by atoms with Crippen molar-refractivity contribution in [2.45, 2.75) is 26.7 Å². The molecule has 30 heavy (non-hydrogen) atoms. The van der Waals surface area contributed by atoms with E-state index < -0.39 is 0 Å². The van der Waals surface area contributed by atoms with E-state index in [0.717, 1.165) is 35.9 Å². The summed E-state index contributed by atoms with van der Waals surface area (Å²) in [6.45, 7) is 6.99. The summed E-state index contributed by atoms with van der Waals surface area (Å²) in [5.41, 5.74) is 3.61. The summed E-state index contributed by atoms with van der Waals surface area (Å²) in [6.07, 6.45) is 4.27. The molecule has 1 saturated heterocycles. The standard InChI is InChI=1S/C21H25N7O2/c1-15-18(5-8-21(29)23-17-4-3-9-22-14-17)16(2)28(26-15)20-7-6-19(24-25-20)27-10-12-30-13-11-27/h3-4,6-7,9,14H,5,8,10-13H2,1-2H3,(H,23,29). The Hall–Kier alpha value is -3.33. The lowest BCUT2D eigenvalue weighted by Crippen LogP contribution is -2.36. The van der Waals surface area contributed by atoms with Crippen LogP contribution in [-0.2, 0) is 16.0 Å². The summed E-state index contributed by atoms with van der Waals surface area (Å²) < 4.78 is 7.17. The first-order chi connectivity index (χ1) is 14.6. The molecule has 0 spiro atoms. The maximum absolute atomic E-state index is 12.3. The Morgan fingerprint density at radius 1 is 1.13 bits per heavy atom. The molecule has 4 heterocycles. The number of nitrogens with one attached hydrogen (secondary N) is 1. The zero-order valence-corrected chi connectivity index (χ0v) is 17.2. The molecule has 0 atom stereocenters. The Morgan fingerprint density at radius 3 is 2.60 bits per heavy atom. The normalized spacial score (nSPS) is 14.0. The lowest BCUT2D eigenvalue weighted by molar-refractivity contribution is -0.116. The lowest BCUT2D eigenvalue weighted by Gasteiger charge is -2.27. The number of amides is 1. The lowest BCUT2D eigenvalue weighted by atomic mass is 10.1. The van der Waals surface area contributed by atoms with Crippen molar-refractivity contribution in [1.82, 2.24) is 25.0 Å². The quantitative estimate of drug-likeness (QED) is 0.668. The van der Waals surface area contributed by atoms with Crippen LogP contribution in [-0.4, -0.2) is 57.2 Å². The molecule has 1 aliphatic heterocycles. The Labute approximate surface area is 175 Å². The highest BCUT2D eigenvalue weighted by atomic mass is 16.5. The van der Waals surface area contributed by atoms with Crippen molar-refractivity contribution in [2.75, 3.05) is 36.5 Å². The highest BCUT2D eigenvalue weighted by Gasteiger charge is 2.17. The molecule has 4 rings (SSSR count). The molecule has 156 valence electrons. The van der Waals surface area contributed by atoms with E-state index in [1.165, 1.54) is 0 Å². The van der Waals surface area contributed by atoms with Crippen molar-refractivity contribution in [1.29, 1.82) is 0 Å². The average molecular weight is 407 g/mol.